The number of hydrogen-bond donors (Lipinski definition) is 0. The molecule has 1 aromatic heterocycles. The molecule has 100 valence electrons. The van der Waals surface area contributed by atoms with Gasteiger partial charge in [-0.25, -0.2) is 0 Å². The summed E-state index contributed by atoms with van der Waals surface area (Å²) in [4.78, 5) is 0. The quantitative estimate of drug-likeness (QED) is 0.343. The summed E-state index contributed by atoms with van der Waals surface area (Å²) in [7, 11) is 10.6. The van der Waals surface area contributed by atoms with Crippen LogP contribution in [-0.4, -0.2) is 0 Å². The van der Waals surface area contributed by atoms with Crippen LogP contribution in [0.5, 0.6) is 0 Å². The average molecular weight is 345 g/mol. The Morgan fingerprint density at radius 3 is 2.32 bits per heavy atom. The normalized spacial score (nSPS) is 9.47. The summed E-state index contributed by atoms with van der Waals surface area (Å²) in [5.74, 6) is 5.44. The molecule has 0 radical (unpaired) electrons. The van der Waals surface area contributed by atoms with Crippen molar-refractivity contribution in [3.63, 3.8) is 0 Å². The minimum atomic E-state index is -0.556. The molecule has 0 aliphatic rings. The first kappa shape index (κ1) is 17.0. The summed E-state index contributed by atoms with van der Waals surface area (Å²) in [6.07, 6.45) is 0. The molecular formula is C15H15Cl2PTi-2. The van der Waals surface area contributed by atoms with Crippen molar-refractivity contribution in [3.05, 3.63) is 65.2 Å². The van der Waals surface area contributed by atoms with E-state index >= 15 is 0 Å². The molecular weight excluding hydrogens is 330 g/mol. The van der Waals surface area contributed by atoms with Gasteiger partial charge >= 0.3 is 35.6 Å². The molecule has 0 bridgehead atoms. The van der Waals surface area contributed by atoms with Gasteiger partial charge in [-0.1, -0.05) is 19.9 Å². The van der Waals surface area contributed by atoms with Crippen LogP contribution >= 0.6 is 26.8 Å². The summed E-state index contributed by atoms with van der Waals surface area (Å²) in [6, 6.07) is 14.7. The van der Waals surface area contributed by atoms with Crippen LogP contribution in [0, 0.1) is 19.6 Å². The molecule has 0 aliphatic heterocycles. The van der Waals surface area contributed by atoms with E-state index in [1.807, 2.05) is 0 Å². The Hall–Kier alpha value is -0.0957. The van der Waals surface area contributed by atoms with Crippen LogP contribution in [0.1, 0.15) is 11.1 Å². The van der Waals surface area contributed by atoms with Gasteiger partial charge in [0.1, 0.15) is 0 Å². The van der Waals surface area contributed by atoms with E-state index in [9.17, 15) is 0 Å². The summed E-state index contributed by atoms with van der Waals surface area (Å²) in [6.45, 7) is 4.23. The first-order chi connectivity index (χ1) is 9.19. The van der Waals surface area contributed by atoms with Crippen molar-refractivity contribution in [2.45, 2.75) is 13.8 Å². The van der Waals surface area contributed by atoms with Crippen LogP contribution < -0.4 is 0 Å². The Balaban J connectivity index is 0.000000162. The molecule has 0 saturated heterocycles. The zero-order valence-corrected chi connectivity index (χ0v) is 14.9. The molecule has 1 heterocycles. The fourth-order valence-electron chi connectivity index (χ4n) is 1.53. The van der Waals surface area contributed by atoms with E-state index in [1.165, 1.54) is 21.9 Å². The molecule has 0 amide bonds. The standard InChI is InChI=1S/C9H7.C6H8P.2ClH.Ti/c1-2-5-9-7-3-6-8(9)4-1;1-5-3-7-4-6(5)2;;;/h1-7H;3,7H,1-2H3;2*1H;/q2*-1;;;+2/p-2. The maximum absolute atomic E-state index is 4.89. The first-order valence-corrected chi connectivity index (χ1v) is 11.2. The Bertz CT molecular complexity index is 540. The average Bonchev–Trinajstić information content (AvgIpc) is 3.01. The number of hydrogen-bond acceptors (Lipinski definition) is 0. The van der Waals surface area contributed by atoms with Crippen LogP contribution in [-0.2, 0) is 17.0 Å². The third-order valence-electron chi connectivity index (χ3n) is 2.69. The predicted octanol–water partition coefficient (Wildman–Crippen LogP) is 6.07. The van der Waals surface area contributed by atoms with Crippen LogP contribution in [0.3, 0.4) is 0 Å². The second kappa shape index (κ2) is 9.75. The van der Waals surface area contributed by atoms with Crippen molar-refractivity contribution < 1.29 is 17.0 Å². The summed E-state index contributed by atoms with van der Waals surface area (Å²) in [5, 5.41) is 2.66. The number of benzene rings is 1. The molecule has 0 fully saturated rings. The number of halogens is 2. The summed E-state index contributed by atoms with van der Waals surface area (Å²) >= 11 is -0.556. The number of fused-ring (bicyclic) bond motifs is 1. The zero-order chi connectivity index (χ0) is 14.1. The van der Waals surface area contributed by atoms with E-state index in [2.05, 4.69) is 67.9 Å². The van der Waals surface area contributed by atoms with Crippen LogP contribution in [0.25, 0.3) is 10.8 Å². The van der Waals surface area contributed by atoms with E-state index in [0.29, 0.717) is 0 Å². The van der Waals surface area contributed by atoms with Crippen molar-refractivity contribution in [1.29, 1.82) is 0 Å². The molecule has 1 atom stereocenters. The Morgan fingerprint density at radius 1 is 1.16 bits per heavy atom. The molecule has 0 spiro atoms. The molecule has 0 nitrogen and oxygen atoms in total. The largest absolute Gasteiger partial charge is 0.168 e. The summed E-state index contributed by atoms with van der Waals surface area (Å²) in [5.41, 5.74) is 2.73. The predicted molar refractivity (Wildman–Crippen MR) is 85.5 cm³/mol. The van der Waals surface area contributed by atoms with E-state index in [4.69, 9.17) is 18.6 Å². The van der Waals surface area contributed by atoms with E-state index in [1.54, 1.807) is 0 Å². The number of rotatable bonds is 0. The molecule has 0 aliphatic carbocycles. The first-order valence-electron chi connectivity index (χ1n) is 5.78. The van der Waals surface area contributed by atoms with Gasteiger partial charge in [-0.2, -0.15) is 40.2 Å². The third kappa shape index (κ3) is 6.26. The zero-order valence-electron chi connectivity index (χ0n) is 10.9. The monoisotopic (exact) mass is 344 g/mol. The van der Waals surface area contributed by atoms with Gasteiger partial charge in [-0.15, -0.1) is 29.7 Å². The van der Waals surface area contributed by atoms with Crippen molar-refractivity contribution in [2.24, 2.45) is 0 Å². The van der Waals surface area contributed by atoms with Gasteiger partial charge in [-0.05, 0) is 0 Å². The van der Waals surface area contributed by atoms with E-state index < -0.39 is 17.0 Å². The van der Waals surface area contributed by atoms with E-state index in [-0.39, 0.29) is 0 Å². The van der Waals surface area contributed by atoms with Gasteiger partial charge in [-0.3, -0.25) is 8.19 Å². The summed E-state index contributed by atoms with van der Waals surface area (Å²) < 4.78 is 0. The maximum atomic E-state index is 4.89. The fourth-order valence-corrected chi connectivity index (χ4v) is 2.45. The van der Waals surface area contributed by atoms with Crippen molar-refractivity contribution in [1.82, 2.24) is 0 Å². The van der Waals surface area contributed by atoms with E-state index in [0.717, 1.165) is 8.19 Å². The minimum Gasteiger partial charge on any atom is -0.168 e. The van der Waals surface area contributed by atoms with Crippen LogP contribution in [0.4, 0.5) is 0 Å². The molecule has 4 heteroatoms. The maximum Gasteiger partial charge on any atom is -0.0809 e. The van der Waals surface area contributed by atoms with Gasteiger partial charge in [0, 0.05) is 0 Å². The Morgan fingerprint density at radius 2 is 1.84 bits per heavy atom. The molecule has 1 unspecified atom stereocenters. The van der Waals surface area contributed by atoms with Crippen molar-refractivity contribution >= 4 is 37.6 Å². The second-order valence-corrected chi connectivity index (χ2v) is 7.35. The molecule has 19 heavy (non-hydrogen) atoms. The topological polar surface area (TPSA) is 0 Å². The van der Waals surface area contributed by atoms with Crippen LogP contribution in [0.15, 0.2) is 48.3 Å². The van der Waals surface area contributed by atoms with Gasteiger partial charge in [0.05, 0.1) is 0 Å². The van der Waals surface area contributed by atoms with Gasteiger partial charge in [0.25, 0.3) is 0 Å². The molecule has 0 N–H and O–H groups in total. The molecule has 3 aromatic rings. The van der Waals surface area contributed by atoms with Crippen LogP contribution in [0.2, 0.25) is 0 Å². The van der Waals surface area contributed by atoms with Gasteiger partial charge < -0.3 is 0 Å². The molecule has 3 rings (SSSR count). The van der Waals surface area contributed by atoms with Gasteiger partial charge in [0.15, 0.2) is 0 Å². The van der Waals surface area contributed by atoms with Gasteiger partial charge in [0.2, 0.25) is 0 Å². The van der Waals surface area contributed by atoms with Crippen molar-refractivity contribution in [3.8, 4) is 0 Å². The fraction of sp³-hybridized carbons (Fsp3) is 0.133. The third-order valence-corrected chi connectivity index (χ3v) is 3.78. The molecule has 2 aromatic carbocycles. The Labute approximate surface area is 133 Å². The SMILES string of the molecule is Cc1[c-][pH]cc1C.[Cl][Ti][Cl].c1ccc2[cH-]ccc2c1. The Kier molecular flexibility index (Phi) is 8.70. The number of aryl methyl sites for hydroxylation is 2. The minimum absolute atomic E-state index is 0.556. The smallest absolute Gasteiger partial charge is 0.0809 e. The molecule has 0 saturated carbocycles. The second-order valence-electron chi connectivity index (χ2n) is 3.95. The van der Waals surface area contributed by atoms with Crippen molar-refractivity contribution in [2.75, 3.05) is 0 Å².